The molecule has 2 rings (SSSR count). The zero-order valence-corrected chi connectivity index (χ0v) is 12.8. The highest BCUT2D eigenvalue weighted by Crippen LogP contribution is 2.24. The lowest BCUT2D eigenvalue weighted by atomic mass is 10.2. The Morgan fingerprint density at radius 3 is 2.50 bits per heavy atom. The minimum Gasteiger partial charge on any atom is -0.496 e. The van der Waals surface area contributed by atoms with Crippen LogP contribution in [0.15, 0.2) is 42.5 Å². The van der Waals surface area contributed by atoms with Gasteiger partial charge in [-0.3, -0.25) is 4.79 Å². The quantitative estimate of drug-likeness (QED) is 0.877. The number of hydrogen-bond acceptors (Lipinski definition) is 3. The minimum absolute atomic E-state index is 0.202. The third kappa shape index (κ3) is 4.73. The molecular weight excluding hydrogens is 308 g/mol. The molecular formula is C16H15F2NO2S. The first-order valence-corrected chi connectivity index (χ1v) is 7.69. The summed E-state index contributed by atoms with van der Waals surface area (Å²) in [6, 6.07) is 9.82. The number of nitrogens with one attached hydrogen (secondary N) is 1. The predicted molar refractivity (Wildman–Crippen MR) is 84.1 cm³/mol. The average molecular weight is 323 g/mol. The fourth-order valence-electron chi connectivity index (χ4n) is 1.84. The van der Waals surface area contributed by atoms with Gasteiger partial charge in [0.2, 0.25) is 5.91 Å². The summed E-state index contributed by atoms with van der Waals surface area (Å²) in [6.07, 6.45) is 0. The first kappa shape index (κ1) is 16.3. The van der Waals surface area contributed by atoms with Crippen molar-refractivity contribution in [3.63, 3.8) is 0 Å². The van der Waals surface area contributed by atoms with Gasteiger partial charge in [0.25, 0.3) is 0 Å². The van der Waals surface area contributed by atoms with Crippen molar-refractivity contribution >= 4 is 23.4 Å². The lowest BCUT2D eigenvalue weighted by Gasteiger charge is -2.09. The van der Waals surface area contributed by atoms with E-state index in [0.29, 0.717) is 22.8 Å². The summed E-state index contributed by atoms with van der Waals surface area (Å²) in [7, 11) is 1.52. The molecule has 0 unspecified atom stereocenters. The summed E-state index contributed by atoms with van der Waals surface area (Å²) in [6.45, 7) is 0. The summed E-state index contributed by atoms with van der Waals surface area (Å²) in [4.78, 5) is 11.8. The van der Waals surface area contributed by atoms with Crippen molar-refractivity contribution in [2.75, 3.05) is 18.2 Å². The topological polar surface area (TPSA) is 38.3 Å². The zero-order chi connectivity index (χ0) is 15.9. The van der Waals surface area contributed by atoms with Crippen LogP contribution in [0.4, 0.5) is 14.5 Å². The number of thioether (sulfide) groups is 1. The zero-order valence-electron chi connectivity index (χ0n) is 11.9. The van der Waals surface area contributed by atoms with E-state index in [0.717, 1.165) is 0 Å². The Labute approximate surface area is 131 Å². The Balaban J connectivity index is 1.84. The van der Waals surface area contributed by atoms with Gasteiger partial charge in [0.15, 0.2) is 0 Å². The van der Waals surface area contributed by atoms with E-state index < -0.39 is 0 Å². The SMILES string of the molecule is COc1ccc(F)cc1CSCC(=O)Nc1ccc(F)cc1. The summed E-state index contributed by atoms with van der Waals surface area (Å²) in [5.41, 5.74) is 1.23. The number of amides is 1. The molecule has 2 aromatic rings. The molecule has 0 fully saturated rings. The lowest BCUT2D eigenvalue weighted by molar-refractivity contribution is -0.113. The van der Waals surface area contributed by atoms with Crippen LogP contribution in [0.5, 0.6) is 5.75 Å². The number of anilines is 1. The van der Waals surface area contributed by atoms with Crippen molar-refractivity contribution in [1.82, 2.24) is 0 Å². The molecule has 0 saturated heterocycles. The lowest BCUT2D eigenvalue weighted by Crippen LogP contribution is -2.14. The molecule has 116 valence electrons. The summed E-state index contributed by atoms with van der Waals surface area (Å²) < 4.78 is 31.1. The molecule has 6 heteroatoms. The molecule has 0 aromatic heterocycles. The summed E-state index contributed by atoms with van der Waals surface area (Å²) in [5.74, 6) is 0.354. The molecule has 0 aliphatic heterocycles. The van der Waals surface area contributed by atoms with Gasteiger partial charge in [-0.15, -0.1) is 11.8 Å². The number of benzene rings is 2. The highest BCUT2D eigenvalue weighted by molar-refractivity contribution is 7.99. The Morgan fingerprint density at radius 2 is 1.82 bits per heavy atom. The number of halogens is 2. The van der Waals surface area contributed by atoms with Gasteiger partial charge in [-0.2, -0.15) is 0 Å². The highest BCUT2D eigenvalue weighted by atomic mass is 32.2. The number of hydrogen-bond donors (Lipinski definition) is 1. The van der Waals surface area contributed by atoms with Gasteiger partial charge in [0.1, 0.15) is 17.4 Å². The van der Waals surface area contributed by atoms with Crippen LogP contribution in [-0.4, -0.2) is 18.8 Å². The number of carbonyl (C=O) groups excluding carboxylic acids is 1. The predicted octanol–water partition coefficient (Wildman–Crippen LogP) is 3.85. The molecule has 0 heterocycles. The van der Waals surface area contributed by atoms with Gasteiger partial charge in [-0.05, 0) is 42.5 Å². The van der Waals surface area contributed by atoms with Crippen LogP contribution >= 0.6 is 11.8 Å². The van der Waals surface area contributed by atoms with Crippen LogP contribution in [0, 0.1) is 11.6 Å². The van der Waals surface area contributed by atoms with Gasteiger partial charge < -0.3 is 10.1 Å². The molecule has 1 N–H and O–H groups in total. The fourth-order valence-corrected chi connectivity index (χ4v) is 2.65. The van der Waals surface area contributed by atoms with Crippen molar-refractivity contribution in [3.05, 3.63) is 59.7 Å². The first-order chi connectivity index (χ1) is 10.6. The van der Waals surface area contributed by atoms with E-state index in [-0.39, 0.29) is 23.3 Å². The van der Waals surface area contributed by atoms with E-state index >= 15 is 0 Å². The van der Waals surface area contributed by atoms with E-state index in [9.17, 15) is 13.6 Å². The van der Waals surface area contributed by atoms with Gasteiger partial charge in [-0.25, -0.2) is 8.78 Å². The van der Waals surface area contributed by atoms with Crippen molar-refractivity contribution in [1.29, 1.82) is 0 Å². The van der Waals surface area contributed by atoms with Gasteiger partial charge in [0.05, 0.1) is 12.9 Å². The second-order valence-electron chi connectivity index (χ2n) is 4.50. The van der Waals surface area contributed by atoms with Crippen molar-refractivity contribution in [3.8, 4) is 5.75 Å². The van der Waals surface area contributed by atoms with Crippen molar-refractivity contribution < 1.29 is 18.3 Å². The molecule has 0 radical (unpaired) electrons. The van der Waals surface area contributed by atoms with Crippen molar-refractivity contribution in [2.45, 2.75) is 5.75 Å². The largest absolute Gasteiger partial charge is 0.496 e. The third-order valence-corrected chi connectivity index (χ3v) is 3.84. The van der Waals surface area contributed by atoms with Crippen LogP contribution in [0.2, 0.25) is 0 Å². The molecule has 0 aliphatic carbocycles. The molecule has 2 aromatic carbocycles. The maximum atomic E-state index is 13.2. The van der Waals surface area contributed by atoms with Crippen LogP contribution in [-0.2, 0) is 10.5 Å². The van der Waals surface area contributed by atoms with Crippen LogP contribution < -0.4 is 10.1 Å². The molecule has 22 heavy (non-hydrogen) atoms. The Hall–Kier alpha value is -2.08. The van der Waals surface area contributed by atoms with Crippen LogP contribution in [0.3, 0.4) is 0 Å². The van der Waals surface area contributed by atoms with Gasteiger partial charge in [-0.1, -0.05) is 0 Å². The maximum absolute atomic E-state index is 13.2. The molecule has 0 bridgehead atoms. The minimum atomic E-state index is -0.356. The Kier molecular flexibility index (Phi) is 5.77. The normalized spacial score (nSPS) is 10.3. The standard InChI is InChI=1S/C16H15F2NO2S/c1-21-15-7-4-13(18)8-11(15)9-22-10-16(20)19-14-5-2-12(17)3-6-14/h2-8H,9-10H2,1H3,(H,19,20). The molecule has 3 nitrogen and oxygen atoms in total. The average Bonchev–Trinajstić information content (AvgIpc) is 2.50. The van der Waals surface area contributed by atoms with Crippen LogP contribution in [0.25, 0.3) is 0 Å². The Morgan fingerprint density at radius 1 is 1.14 bits per heavy atom. The smallest absolute Gasteiger partial charge is 0.234 e. The first-order valence-electron chi connectivity index (χ1n) is 6.54. The highest BCUT2D eigenvalue weighted by Gasteiger charge is 2.07. The molecule has 1 amide bonds. The van der Waals surface area contributed by atoms with Crippen LogP contribution in [0.1, 0.15) is 5.56 Å². The number of methoxy groups -OCH3 is 1. The molecule has 0 spiro atoms. The molecule has 0 aliphatic rings. The number of carbonyl (C=O) groups is 1. The van der Waals surface area contributed by atoms with Gasteiger partial charge in [0, 0.05) is 17.0 Å². The van der Waals surface area contributed by atoms with Gasteiger partial charge >= 0.3 is 0 Å². The third-order valence-electron chi connectivity index (χ3n) is 2.86. The number of rotatable bonds is 6. The molecule has 0 atom stereocenters. The Bertz CT molecular complexity index is 647. The van der Waals surface area contributed by atoms with E-state index in [1.165, 1.54) is 55.3 Å². The van der Waals surface area contributed by atoms with Crippen molar-refractivity contribution in [2.24, 2.45) is 0 Å². The second kappa shape index (κ2) is 7.79. The monoisotopic (exact) mass is 323 g/mol. The van der Waals surface area contributed by atoms with E-state index in [1.54, 1.807) is 6.07 Å². The second-order valence-corrected chi connectivity index (χ2v) is 5.49. The summed E-state index contributed by atoms with van der Waals surface area (Å²) >= 11 is 1.34. The molecule has 0 saturated carbocycles. The summed E-state index contributed by atoms with van der Waals surface area (Å²) in [5, 5.41) is 2.66. The van der Waals surface area contributed by atoms with E-state index in [4.69, 9.17) is 4.74 Å². The van der Waals surface area contributed by atoms with E-state index in [2.05, 4.69) is 5.32 Å². The fraction of sp³-hybridized carbons (Fsp3) is 0.188. The van der Waals surface area contributed by atoms with E-state index in [1.807, 2.05) is 0 Å². The maximum Gasteiger partial charge on any atom is 0.234 e. The number of ether oxygens (including phenoxy) is 1.